The molecule has 1 aliphatic heterocycles. The topological polar surface area (TPSA) is 56.1 Å². The number of amides is 1. The largest absolute Gasteiger partial charge is 0.347 e. The summed E-state index contributed by atoms with van der Waals surface area (Å²) in [6, 6.07) is 6.08. The van der Waals surface area contributed by atoms with Crippen LogP contribution in [0.2, 0.25) is 0 Å². The third kappa shape index (κ3) is 1.74. The van der Waals surface area contributed by atoms with Crippen molar-refractivity contribution < 1.29 is 9.18 Å². The van der Waals surface area contributed by atoms with E-state index in [0.717, 1.165) is 0 Å². The van der Waals surface area contributed by atoms with Crippen molar-refractivity contribution in [2.75, 3.05) is 23.3 Å². The molecule has 76 valence electrons. The summed E-state index contributed by atoms with van der Waals surface area (Å²) in [4.78, 5) is 12.8. The first kappa shape index (κ1) is 9.46. The normalized spacial score (nSPS) is 14.1. The van der Waals surface area contributed by atoms with Crippen LogP contribution in [0.15, 0.2) is 18.2 Å². The molecule has 1 N–H and O–H groups in total. The highest BCUT2D eigenvalue weighted by Crippen LogP contribution is 2.29. The highest BCUT2D eigenvalue weighted by atomic mass is 19.1. The molecular weight excluding hydrogens is 197 g/mol. The quantitative estimate of drug-likeness (QED) is 0.698. The van der Waals surface area contributed by atoms with Gasteiger partial charge in [-0.25, -0.2) is 4.39 Å². The Hall–Kier alpha value is -2.09. The molecule has 0 unspecified atom stereocenters. The minimum atomic E-state index is -0.409. The monoisotopic (exact) mass is 205 g/mol. The van der Waals surface area contributed by atoms with E-state index in [1.165, 1.54) is 12.1 Å². The second-order valence-electron chi connectivity index (χ2n) is 3.22. The summed E-state index contributed by atoms with van der Waals surface area (Å²) >= 11 is 0. The maximum Gasteiger partial charge on any atom is 0.243 e. The molecule has 1 amide bonds. The maximum absolute atomic E-state index is 12.9. The molecule has 1 heterocycles. The molecule has 5 heteroatoms. The van der Waals surface area contributed by atoms with Crippen LogP contribution < -0.4 is 10.2 Å². The zero-order chi connectivity index (χ0) is 10.8. The van der Waals surface area contributed by atoms with Gasteiger partial charge in [0.05, 0.1) is 24.0 Å². The second-order valence-corrected chi connectivity index (χ2v) is 3.22. The number of halogens is 1. The van der Waals surface area contributed by atoms with Crippen LogP contribution in [0.1, 0.15) is 0 Å². The Kier molecular flexibility index (Phi) is 2.26. The van der Waals surface area contributed by atoms with Crippen molar-refractivity contribution in [3.63, 3.8) is 0 Å². The lowest BCUT2D eigenvalue weighted by Crippen LogP contribution is -2.38. The van der Waals surface area contributed by atoms with Gasteiger partial charge in [0.15, 0.2) is 0 Å². The molecule has 0 fully saturated rings. The Morgan fingerprint density at radius 2 is 2.40 bits per heavy atom. The number of hydrogen-bond donors (Lipinski definition) is 1. The van der Waals surface area contributed by atoms with Crippen molar-refractivity contribution in [3.05, 3.63) is 24.0 Å². The minimum absolute atomic E-state index is 0.117. The Labute approximate surface area is 85.9 Å². The second kappa shape index (κ2) is 3.58. The Bertz CT molecular complexity index is 452. The van der Waals surface area contributed by atoms with Crippen LogP contribution in [-0.4, -0.2) is 19.0 Å². The van der Waals surface area contributed by atoms with E-state index in [1.54, 1.807) is 11.0 Å². The summed E-state index contributed by atoms with van der Waals surface area (Å²) in [5, 5.41) is 11.1. The molecule has 0 bridgehead atoms. The van der Waals surface area contributed by atoms with Crippen molar-refractivity contribution in [1.82, 2.24) is 0 Å². The molecule has 15 heavy (non-hydrogen) atoms. The first-order valence-corrected chi connectivity index (χ1v) is 4.42. The number of anilines is 2. The van der Waals surface area contributed by atoms with Gasteiger partial charge >= 0.3 is 0 Å². The molecule has 4 nitrogen and oxygen atoms in total. The number of hydrogen-bond acceptors (Lipinski definition) is 3. The van der Waals surface area contributed by atoms with Gasteiger partial charge in [-0.1, -0.05) is 0 Å². The lowest BCUT2D eigenvalue weighted by molar-refractivity contribution is -0.115. The van der Waals surface area contributed by atoms with Gasteiger partial charge < -0.3 is 10.2 Å². The van der Waals surface area contributed by atoms with E-state index in [2.05, 4.69) is 5.32 Å². The molecule has 0 radical (unpaired) electrons. The summed E-state index contributed by atoms with van der Waals surface area (Å²) in [7, 11) is 0. The number of benzene rings is 1. The average Bonchev–Trinajstić information content (AvgIpc) is 2.17. The third-order valence-electron chi connectivity index (χ3n) is 2.17. The van der Waals surface area contributed by atoms with Gasteiger partial charge in [-0.05, 0) is 18.2 Å². The van der Waals surface area contributed by atoms with Gasteiger partial charge in [-0.2, -0.15) is 5.26 Å². The molecule has 0 spiro atoms. The van der Waals surface area contributed by atoms with Gasteiger partial charge in [-0.3, -0.25) is 4.79 Å². The molecule has 1 aliphatic rings. The van der Waals surface area contributed by atoms with E-state index in [4.69, 9.17) is 5.26 Å². The van der Waals surface area contributed by atoms with Crippen LogP contribution in [0.3, 0.4) is 0 Å². The molecule has 1 aromatic carbocycles. The van der Waals surface area contributed by atoms with E-state index < -0.39 is 5.82 Å². The Balaban J connectivity index is 2.42. The number of nitrogens with zero attached hydrogens (tertiary/aromatic N) is 2. The first-order chi connectivity index (χ1) is 7.20. The van der Waals surface area contributed by atoms with Gasteiger partial charge in [-0.15, -0.1) is 0 Å². The predicted octanol–water partition coefficient (Wildman–Crippen LogP) is 1.11. The fourth-order valence-corrected chi connectivity index (χ4v) is 1.56. The van der Waals surface area contributed by atoms with Crippen molar-refractivity contribution in [1.29, 1.82) is 5.26 Å². The number of carbonyl (C=O) groups excluding carboxylic acids is 1. The summed E-state index contributed by atoms with van der Waals surface area (Å²) in [6.07, 6.45) is 0. The lowest BCUT2D eigenvalue weighted by atomic mass is 10.2. The number of fused-ring (bicyclic) bond motifs is 1. The van der Waals surface area contributed by atoms with Gasteiger partial charge in [0.1, 0.15) is 12.4 Å². The van der Waals surface area contributed by atoms with Crippen LogP contribution >= 0.6 is 0 Å². The fourth-order valence-electron chi connectivity index (χ4n) is 1.56. The highest BCUT2D eigenvalue weighted by molar-refractivity contribution is 6.01. The maximum atomic E-state index is 12.9. The molecule has 0 aliphatic carbocycles. The summed E-state index contributed by atoms with van der Waals surface area (Å²) in [5.41, 5.74) is 1.10. The van der Waals surface area contributed by atoms with Gasteiger partial charge in [0.2, 0.25) is 5.91 Å². The minimum Gasteiger partial charge on any atom is -0.347 e. The molecule has 0 saturated heterocycles. The standard InChI is InChI=1S/C10H8FN3O/c11-7-1-2-9-8(5-7)13-10(15)6-14(9)4-3-12/h1-2,5H,4,6H2,(H,13,15). The van der Waals surface area contributed by atoms with Crippen LogP contribution in [-0.2, 0) is 4.79 Å². The average molecular weight is 205 g/mol. The fraction of sp³-hybridized carbons (Fsp3) is 0.200. The van der Waals surface area contributed by atoms with E-state index in [1.807, 2.05) is 6.07 Å². The van der Waals surface area contributed by atoms with Gasteiger partial charge in [0, 0.05) is 0 Å². The zero-order valence-corrected chi connectivity index (χ0v) is 7.83. The van der Waals surface area contributed by atoms with Crippen molar-refractivity contribution >= 4 is 17.3 Å². The summed E-state index contributed by atoms with van der Waals surface area (Å²) < 4.78 is 12.9. The molecule has 0 aromatic heterocycles. The smallest absolute Gasteiger partial charge is 0.243 e. The highest BCUT2D eigenvalue weighted by Gasteiger charge is 2.21. The summed E-state index contributed by atoms with van der Waals surface area (Å²) in [6.45, 7) is 0.248. The zero-order valence-electron chi connectivity index (χ0n) is 7.83. The molecule has 2 rings (SSSR count). The van der Waals surface area contributed by atoms with Crippen molar-refractivity contribution in [2.24, 2.45) is 0 Å². The molecule has 1 aromatic rings. The number of nitriles is 1. The summed E-state index contributed by atoms with van der Waals surface area (Å²) in [5.74, 6) is -0.642. The predicted molar refractivity (Wildman–Crippen MR) is 52.9 cm³/mol. The Morgan fingerprint density at radius 1 is 1.60 bits per heavy atom. The molecule has 0 saturated carbocycles. The van der Waals surface area contributed by atoms with Crippen LogP contribution in [0.4, 0.5) is 15.8 Å². The first-order valence-electron chi connectivity index (χ1n) is 4.42. The van der Waals surface area contributed by atoms with Crippen molar-refractivity contribution in [2.45, 2.75) is 0 Å². The Morgan fingerprint density at radius 3 is 3.13 bits per heavy atom. The van der Waals surface area contributed by atoms with Crippen LogP contribution in [0, 0.1) is 17.1 Å². The number of nitrogens with one attached hydrogen (secondary N) is 1. The van der Waals surface area contributed by atoms with E-state index >= 15 is 0 Å². The lowest BCUT2D eigenvalue weighted by Gasteiger charge is -2.28. The van der Waals surface area contributed by atoms with Gasteiger partial charge in [0.25, 0.3) is 0 Å². The third-order valence-corrected chi connectivity index (χ3v) is 2.17. The van der Waals surface area contributed by atoms with Crippen LogP contribution in [0.5, 0.6) is 0 Å². The molecular formula is C10H8FN3O. The van der Waals surface area contributed by atoms with E-state index in [-0.39, 0.29) is 19.0 Å². The van der Waals surface area contributed by atoms with E-state index in [0.29, 0.717) is 11.4 Å². The number of carbonyl (C=O) groups is 1. The van der Waals surface area contributed by atoms with E-state index in [9.17, 15) is 9.18 Å². The number of rotatable bonds is 1. The van der Waals surface area contributed by atoms with Crippen molar-refractivity contribution in [3.8, 4) is 6.07 Å². The SMILES string of the molecule is N#CCN1CC(=O)Nc2cc(F)ccc21. The van der Waals surface area contributed by atoms with Crippen LogP contribution in [0.25, 0.3) is 0 Å². The molecule has 0 atom stereocenters.